The Hall–Kier alpha value is -2.95. The molecule has 4 rings (SSSR count). The van der Waals surface area contributed by atoms with Crippen molar-refractivity contribution in [3.05, 3.63) is 101 Å². The molecule has 1 aliphatic rings. The molecule has 34 heavy (non-hydrogen) atoms. The number of carbonyl (C=O) groups is 1. The van der Waals surface area contributed by atoms with Crippen LogP contribution in [0.1, 0.15) is 16.7 Å². The second kappa shape index (κ2) is 10.5. The number of thioether (sulfide) groups is 1. The van der Waals surface area contributed by atoms with Gasteiger partial charge in [0, 0.05) is 12.1 Å². The number of hydrogen-bond acceptors (Lipinski definition) is 6. The van der Waals surface area contributed by atoms with E-state index in [2.05, 4.69) is 42.2 Å². The first-order chi connectivity index (χ1) is 16.3. The standard InChI is InChI=1S/C24H17Br2N3O4S/c1-14-2-6-17(7-3-14)27-24-28-23(30)21(34-24)12-16-10-19(25)22(20(26)11-16)33-13-15-4-8-18(9-5-15)29(31)32/h2-12H,13H2,1H3,(H,27,28,30)/b21-12+. The summed E-state index contributed by atoms with van der Waals surface area (Å²) in [6, 6.07) is 17.7. The van der Waals surface area contributed by atoms with Crippen molar-refractivity contribution in [3.8, 4) is 5.75 Å². The van der Waals surface area contributed by atoms with Gasteiger partial charge in [-0.05, 0) is 104 Å². The van der Waals surface area contributed by atoms with Crippen molar-refractivity contribution in [1.82, 2.24) is 5.32 Å². The Morgan fingerprint density at radius 3 is 2.35 bits per heavy atom. The van der Waals surface area contributed by atoms with Crippen molar-refractivity contribution in [2.75, 3.05) is 0 Å². The molecule has 1 fully saturated rings. The minimum atomic E-state index is -0.439. The highest BCUT2D eigenvalue weighted by atomic mass is 79.9. The number of benzene rings is 3. The molecular weight excluding hydrogens is 586 g/mol. The molecule has 3 aromatic rings. The zero-order valence-electron chi connectivity index (χ0n) is 17.7. The van der Waals surface area contributed by atoms with E-state index in [9.17, 15) is 14.9 Å². The summed E-state index contributed by atoms with van der Waals surface area (Å²) >= 11 is 8.33. The Kier molecular flexibility index (Phi) is 7.50. The molecule has 0 saturated carbocycles. The quantitative estimate of drug-likeness (QED) is 0.188. The van der Waals surface area contributed by atoms with Crippen LogP contribution in [0.4, 0.5) is 11.4 Å². The Morgan fingerprint density at radius 1 is 1.09 bits per heavy atom. The van der Waals surface area contributed by atoms with E-state index in [1.54, 1.807) is 18.2 Å². The number of nitro groups is 1. The molecule has 3 aromatic carbocycles. The molecule has 0 aromatic heterocycles. The number of halogens is 2. The predicted molar refractivity (Wildman–Crippen MR) is 141 cm³/mol. The second-order valence-electron chi connectivity index (χ2n) is 7.34. The minimum absolute atomic E-state index is 0.0318. The first-order valence-corrected chi connectivity index (χ1v) is 12.4. The highest BCUT2D eigenvalue weighted by Gasteiger charge is 2.24. The topological polar surface area (TPSA) is 93.8 Å². The number of carbonyl (C=O) groups excluding carboxylic acids is 1. The molecule has 0 unspecified atom stereocenters. The summed E-state index contributed by atoms with van der Waals surface area (Å²) in [5, 5.41) is 14.1. The maximum Gasteiger partial charge on any atom is 0.269 e. The highest BCUT2D eigenvalue weighted by Crippen LogP contribution is 2.37. The maximum absolute atomic E-state index is 12.4. The lowest BCUT2D eigenvalue weighted by Gasteiger charge is -2.11. The van der Waals surface area contributed by atoms with Crippen LogP contribution < -0.4 is 10.1 Å². The van der Waals surface area contributed by atoms with Gasteiger partial charge in [0.15, 0.2) is 5.17 Å². The SMILES string of the molecule is Cc1ccc(N=C2NC(=O)/C(=C\c3cc(Br)c(OCc4ccc([N+](=O)[O-])cc4)c(Br)c3)S2)cc1. The molecule has 0 bridgehead atoms. The maximum atomic E-state index is 12.4. The van der Waals surface area contributed by atoms with Crippen LogP contribution in [-0.2, 0) is 11.4 Å². The summed E-state index contributed by atoms with van der Waals surface area (Å²) in [5.41, 5.74) is 3.55. The van der Waals surface area contributed by atoms with E-state index in [-0.39, 0.29) is 18.2 Å². The third-order valence-electron chi connectivity index (χ3n) is 4.76. The summed E-state index contributed by atoms with van der Waals surface area (Å²) < 4.78 is 7.31. The summed E-state index contributed by atoms with van der Waals surface area (Å²) in [6.07, 6.45) is 1.79. The monoisotopic (exact) mass is 601 g/mol. The number of amides is 1. The molecule has 172 valence electrons. The number of rotatable bonds is 6. The fourth-order valence-corrected chi connectivity index (χ4v) is 5.33. The Bertz CT molecular complexity index is 1300. The smallest absolute Gasteiger partial charge is 0.269 e. The van der Waals surface area contributed by atoms with Gasteiger partial charge < -0.3 is 10.1 Å². The third kappa shape index (κ3) is 5.94. The normalized spacial score (nSPS) is 15.6. The number of nitrogens with one attached hydrogen (secondary N) is 1. The summed E-state index contributed by atoms with van der Waals surface area (Å²) in [7, 11) is 0. The van der Waals surface area contributed by atoms with Crippen LogP contribution in [0.25, 0.3) is 6.08 Å². The molecule has 0 aliphatic carbocycles. The molecule has 1 heterocycles. The van der Waals surface area contributed by atoms with Crippen molar-refractivity contribution in [2.45, 2.75) is 13.5 Å². The van der Waals surface area contributed by atoms with Gasteiger partial charge in [-0.25, -0.2) is 4.99 Å². The molecule has 0 atom stereocenters. The van der Waals surface area contributed by atoms with Crippen LogP contribution in [0, 0.1) is 17.0 Å². The number of aliphatic imine (C=N–C) groups is 1. The zero-order valence-corrected chi connectivity index (χ0v) is 21.7. The number of nitro benzene ring substituents is 1. The average Bonchev–Trinajstić information content (AvgIpc) is 3.13. The van der Waals surface area contributed by atoms with E-state index >= 15 is 0 Å². The van der Waals surface area contributed by atoms with E-state index in [0.717, 1.165) is 22.4 Å². The van der Waals surface area contributed by atoms with Crippen molar-refractivity contribution in [1.29, 1.82) is 0 Å². The predicted octanol–water partition coefficient (Wildman–Crippen LogP) is 6.90. The van der Waals surface area contributed by atoms with Crippen LogP contribution >= 0.6 is 43.6 Å². The van der Waals surface area contributed by atoms with Gasteiger partial charge in [-0.2, -0.15) is 0 Å². The average molecular weight is 603 g/mol. The fourth-order valence-electron chi connectivity index (χ4n) is 3.04. The Labute approximate surface area is 216 Å². The van der Waals surface area contributed by atoms with Gasteiger partial charge in [-0.15, -0.1) is 0 Å². The first kappa shape index (κ1) is 24.2. The van der Waals surface area contributed by atoms with E-state index in [1.807, 2.05) is 43.3 Å². The van der Waals surface area contributed by atoms with Crippen molar-refractivity contribution in [3.63, 3.8) is 0 Å². The van der Waals surface area contributed by atoms with Crippen LogP contribution in [-0.4, -0.2) is 16.0 Å². The number of nitrogens with zero attached hydrogens (tertiary/aromatic N) is 2. The molecule has 1 N–H and O–H groups in total. The van der Waals surface area contributed by atoms with E-state index in [1.165, 1.54) is 23.9 Å². The molecule has 1 aliphatic heterocycles. The molecule has 0 radical (unpaired) electrons. The van der Waals surface area contributed by atoms with Crippen LogP contribution in [0.3, 0.4) is 0 Å². The molecule has 7 nitrogen and oxygen atoms in total. The van der Waals surface area contributed by atoms with E-state index in [0.29, 0.717) is 24.8 Å². The third-order valence-corrected chi connectivity index (χ3v) is 6.85. The Balaban J connectivity index is 1.47. The molecular formula is C24H17Br2N3O4S. The van der Waals surface area contributed by atoms with Gasteiger partial charge in [0.1, 0.15) is 12.4 Å². The number of amidine groups is 1. The van der Waals surface area contributed by atoms with Crippen LogP contribution in [0.15, 0.2) is 79.5 Å². The minimum Gasteiger partial charge on any atom is -0.487 e. The molecule has 1 saturated heterocycles. The molecule has 0 spiro atoms. The number of ether oxygens (including phenoxy) is 1. The fraction of sp³-hybridized carbons (Fsp3) is 0.0833. The number of non-ortho nitro benzene ring substituents is 1. The summed E-state index contributed by atoms with van der Waals surface area (Å²) in [6.45, 7) is 2.25. The van der Waals surface area contributed by atoms with Crippen molar-refractivity contribution in [2.24, 2.45) is 4.99 Å². The van der Waals surface area contributed by atoms with Crippen LogP contribution in [0.5, 0.6) is 5.75 Å². The lowest BCUT2D eigenvalue weighted by Crippen LogP contribution is -2.19. The first-order valence-electron chi connectivity index (χ1n) is 10.00. The molecule has 10 heteroatoms. The van der Waals surface area contributed by atoms with Crippen molar-refractivity contribution >= 4 is 72.1 Å². The lowest BCUT2D eigenvalue weighted by molar-refractivity contribution is -0.384. The second-order valence-corrected chi connectivity index (χ2v) is 10.1. The van der Waals surface area contributed by atoms with Gasteiger partial charge in [0.25, 0.3) is 11.6 Å². The highest BCUT2D eigenvalue weighted by molar-refractivity contribution is 9.11. The van der Waals surface area contributed by atoms with Crippen molar-refractivity contribution < 1.29 is 14.5 Å². The number of aryl methyl sites for hydroxylation is 1. The van der Waals surface area contributed by atoms with Gasteiger partial charge in [-0.3, -0.25) is 14.9 Å². The van der Waals surface area contributed by atoms with Crippen LogP contribution in [0.2, 0.25) is 0 Å². The summed E-state index contributed by atoms with van der Waals surface area (Å²) in [5.74, 6) is 0.382. The molecule has 1 amide bonds. The zero-order chi connectivity index (χ0) is 24.2. The van der Waals surface area contributed by atoms with E-state index < -0.39 is 4.92 Å². The van der Waals surface area contributed by atoms with Gasteiger partial charge in [-0.1, -0.05) is 17.7 Å². The van der Waals surface area contributed by atoms with Gasteiger partial charge in [0.05, 0.1) is 24.5 Å². The lowest BCUT2D eigenvalue weighted by atomic mass is 10.2. The number of hydrogen-bond donors (Lipinski definition) is 1. The summed E-state index contributed by atoms with van der Waals surface area (Å²) in [4.78, 5) is 27.8. The van der Waals surface area contributed by atoms with E-state index in [4.69, 9.17) is 4.74 Å². The van der Waals surface area contributed by atoms with Gasteiger partial charge >= 0.3 is 0 Å². The largest absolute Gasteiger partial charge is 0.487 e. The van der Waals surface area contributed by atoms with Gasteiger partial charge in [0.2, 0.25) is 0 Å². The Morgan fingerprint density at radius 2 is 1.74 bits per heavy atom.